The number of para-hydroxylation sites is 1. The molecule has 2 aromatic carbocycles. The Labute approximate surface area is 205 Å². The van der Waals surface area contributed by atoms with Crippen LogP contribution in [0.5, 0.6) is 5.75 Å². The van der Waals surface area contributed by atoms with Gasteiger partial charge in [0, 0.05) is 35.8 Å². The fourth-order valence-corrected chi connectivity index (χ4v) is 5.41. The van der Waals surface area contributed by atoms with Gasteiger partial charge in [0.25, 0.3) is 0 Å². The molecule has 1 heterocycles. The molecule has 7 nitrogen and oxygen atoms in total. The first kappa shape index (κ1) is 25.6. The summed E-state index contributed by atoms with van der Waals surface area (Å²) in [5.74, 6) is 0.270. The Morgan fingerprint density at radius 3 is 2.56 bits per heavy atom. The molecule has 0 unspecified atom stereocenters. The summed E-state index contributed by atoms with van der Waals surface area (Å²) in [5.41, 5.74) is 2.82. The highest BCUT2D eigenvalue weighted by Gasteiger charge is 2.22. The summed E-state index contributed by atoms with van der Waals surface area (Å²) < 4.78 is 33.0. The summed E-state index contributed by atoms with van der Waals surface area (Å²) >= 11 is 1.57. The first-order valence-corrected chi connectivity index (χ1v) is 13.3. The van der Waals surface area contributed by atoms with Crippen molar-refractivity contribution in [3.05, 3.63) is 75.7 Å². The second-order valence-electron chi connectivity index (χ2n) is 7.57. The summed E-state index contributed by atoms with van der Waals surface area (Å²) in [6.45, 7) is 8.44. The number of thiazole rings is 1. The molecule has 34 heavy (non-hydrogen) atoms. The van der Waals surface area contributed by atoms with E-state index in [-0.39, 0.29) is 10.8 Å². The number of aromatic nitrogens is 1. The molecular weight excluding hydrogens is 470 g/mol. The van der Waals surface area contributed by atoms with Gasteiger partial charge in [0.05, 0.1) is 15.6 Å². The van der Waals surface area contributed by atoms with Crippen LogP contribution in [-0.2, 0) is 21.4 Å². The number of amides is 1. The lowest BCUT2D eigenvalue weighted by molar-refractivity contribution is -0.111. The molecule has 0 saturated heterocycles. The largest absolute Gasteiger partial charge is 0.487 e. The Kier molecular flexibility index (Phi) is 8.60. The molecule has 1 amide bonds. The average molecular weight is 500 g/mol. The molecule has 3 rings (SSSR count). The predicted octanol–water partition coefficient (Wildman–Crippen LogP) is 5.02. The number of nitrogens with zero attached hydrogens (tertiary/aromatic N) is 2. The van der Waals surface area contributed by atoms with Crippen molar-refractivity contribution in [2.75, 3.05) is 18.4 Å². The van der Waals surface area contributed by atoms with E-state index in [1.54, 1.807) is 43.4 Å². The van der Waals surface area contributed by atoms with Gasteiger partial charge in [0.2, 0.25) is 15.9 Å². The van der Waals surface area contributed by atoms with Gasteiger partial charge in [-0.05, 0) is 43.7 Å². The Morgan fingerprint density at radius 2 is 1.88 bits per heavy atom. The fourth-order valence-electron chi connectivity index (χ4n) is 3.32. The van der Waals surface area contributed by atoms with Crippen LogP contribution in [0.25, 0.3) is 6.08 Å². The highest BCUT2D eigenvalue weighted by molar-refractivity contribution is 7.89. The van der Waals surface area contributed by atoms with Crippen LogP contribution in [0.15, 0.2) is 58.8 Å². The molecule has 180 valence electrons. The molecule has 0 radical (unpaired) electrons. The monoisotopic (exact) mass is 499 g/mol. The topological polar surface area (TPSA) is 88.6 Å². The second kappa shape index (κ2) is 11.4. The number of nitrogens with one attached hydrogen (secondary N) is 1. The summed E-state index contributed by atoms with van der Waals surface area (Å²) in [5, 5.41) is 5.73. The molecule has 0 fully saturated rings. The van der Waals surface area contributed by atoms with Crippen LogP contribution in [0, 0.1) is 13.8 Å². The number of rotatable bonds is 10. The van der Waals surface area contributed by atoms with Crippen LogP contribution in [0.3, 0.4) is 0 Å². The van der Waals surface area contributed by atoms with Crippen molar-refractivity contribution in [3.63, 3.8) is 0 Å². The van der Waals surface area contributed by atoms with E-state index in [4.69, 9.17) is 4.74 Å². The first-order chi connectivity index (χ1) is 16.2. The summed E-state index contributed by atoms with van der Waals surface area (Å²) in [6, 6.07) is 12.2. The highest BCUT2D eigenvalue weighted by atomic mass is 32.2. The second-order valence-corrected chi connectivity index (χ2v) is 10.6. The summed E-state index contributed by atoms with van der Waals surface area (Å²) in [7, 11) is -3.62. The maximum atomic E-state index is 12.8. The lowest BCUT2D eigenvalue weighted by Gasteiger charge is -2.19. The molecule has 0 aliphatic carbocycles. The standard InChI is InChI=1S/C25H29N3O4S2/c1-5-28(6-2)34(30,31)22-13-11-18(3)23(15-22)27-25(29)14-12-20-9-7-8-10-24(20)32-16-21-17-33-19(4)26-21/h7-15,17H,5-6,16H2,1-4H3,(H,27,29)/b14-12+. The molecule has 3 aromatic rings. The van der Waals surface area contributed by atoms with E-state index in [9.17, 15) is 13.2 Å². The summed E-state index contributed by atoms with van der Waals surface area (Å²) in [6.07, 6.45) is 3.07. The normalized spacial score (nSPS) is 11.8. The maximum absolute atomic E-state index is 12.8. The third-order valence-corrected chi connectivity index (χ3v) is 8.05. The van der Waals surface area contributed by atoms with Gasteiger partial charge in [-0.25, -0.2) is 13.4 Å². The molecular formula is C25H29N3O4S2. The van der Waals surface area contributed by atoms with Gasteiger partial charge in [-0.15, -0.1) is 11.3 Å². The molecule has 0 aliphatic heterocycles. The maximum Gasteiger partial charge on any atom is 0.248 e. The van der Waals surface area contributed by atoms with Gasteiger partial charge in [0.15, 0.2) is 0 Å². The highest BCUT2D eigenvalue weighted by Crippen LogP contribution is 2.24. The Bertz CT molecular complexity index is 1280. The molecule has 9 heteroatoms. The zero-order valence-electron chi connectivity index (χ0n) is 19.7. The number of benzene rings is 2. The lowest BCUT2D eigenvalue weighted by atomic mass is 10.1. The molecule has 0 atom stereocenters. The van der Waals surface area contributed by atoms with Gasteiger partial charge in [-0.3, -0.25) is 4.79 Å². The van der Waals surface area contributed by atoms with E-state index in [0.29, 0.717) is 31.1 Å². The predicted molar refractivity (Wildman–Crippen MR) is 137 cm³/mol. The quantitative estimate of drug-likeness (QED) is 0.396. The van der Waals surface area contributed by atoms with Crippen molar-refractivity contribution in [1.82, 2.24) is 9.29 Å². The smallest absolute Gasteiger partial charge is 0.248 e. The van der Waals surface area contributed by atoms with Gasteiger partial charge in [-0.1, -0.05) is 38.1 Å². The van der Waals surface area contributed by atoms with Crippen LogP contribution < -0.4 is 10.1 Å². The van der Waals surface area contributed by atoms with Gasteiger partial charge in [-0.2, -0.15) is 4.31 Å². The molecule has 1 N–H and O–H groups in total. The number of anilines is 1. The Hall–Kier alpha value is -3.01. The van der Waals surface area contributed by atoms with Crippen LogP contribution in [-0.4, -0.2) is 36.7 Å². The SMILES string of the molecule is CCN(CC)S(=O)(=O)c1ccc(C)c(NC(=O)/C=C/c2ccccc2OCc2csc(C)n2)c1. The minimum atomic E-state index is -3.62. The Balaban J connectivity index is 1.73. The van der Waals surface area contributed by atoms with Gasteiger partial charge >= 0.3 is 0 Å². The van der Waals surface area contributed by atoms with Crippen molar-refractivity contribution in [2.45, 2.75) is 39.2 Å². The number of hydrogen-bond donors (Lipinski definition) is 1. The van der Waals surface area contributed by atoms with Gasteiger partial charge < -0.3 is 10.1 Å². The number of aryl methyl sites for hydroxylation is 2. The third kappa shape index (κ3) is 6.31. The van der Waals surface area contributed by atoms with E-state index in [2.05, 4.69) is 10.3 Å². The van der Waals surface area contributed by atoms with Crippen molar-refractivity contribution in [3.8, 4) is 5.75 Å². The van der Waals surface area contributed by atoms with E-state index in [0.717, 1.165) is 21.8 Å². The van der Waals surface area contributed by atoms with E-state index < -0.39 is 10.0 Å². The number of ether oxygens (including phenoxy) is 1. The molecule has 0 aliphatic rings. The lowest BCUT2D eigenvalue weighted by Crippen LogP contribution is -2.30. The van der Waals surface area contributed by atoms with Crippen molar-refractivity contribution in [1.29, 1.82) is 0 Å². The van der Waals surface area contributed by atoms with Gasteiger partial charge in [0.1, 0.15) is 12.4 Å². The van der Waals surface area contributed by atoms with E-state index in [1.165, 1.54) is 16.4 Å². The Morgan fingerprint density at radius 1 is 1.15 bits per heavy atom. The number of carbonyl (C=O) groups excluding carboxylic acids is 1. The molecule has 0 saturated carbocycles. The first-order valence-electron chi connectivity index (χ1n) is 11.0. The number of carbonyl (C=O) groups is 1. The van der Waals surface area contributed by atoms with E-state index in [1.807, 2.05) is 43.5 Å². The molecule has 1 aromatic heterocycles. The van der Waals surface area contributed by atoms with Crippen LogP contribution >= 0.6 is 11.3 Å². The van der Waals surface area contributed by atoms with Crippen molar-refractivity contribution >= 4 is 39.0 Å². The van der Waals surface area contributed by atoms with Crippen molar-refractivity contribution in [2.24, 2.45) is 0 Å². The zero-order chi connectivity index (χ0) is 24.7. The third-order valence-electron chi connectivity index (χ3n) is 5.19. The number of sulfonamides is 1. The number of hydrogen-bond acceptors (Lipinski definition) is 6. The van der Waals surface area contributed by atoms with Crippen molar-refractivity contribution < 1.29 is 17.9 Å². The fraction of sp³-hybridized carbons (Fsp3) is 0.280. The van der Waals surface area contributed by atoms with Crippen LogP contribution in [0.1, 0.15) is 35.7 Å². The minimum Gasteiger partial charge on any atom is -0.487 e. The molecule has 0 bridgehead atoms. The van der Waals surface area contributed by atoms with Crippen LogP contribution in [0.4, 0.5) is 5.69 Å². The molecule has 0 spiro atoms. The zero-order valence-corrected chi connectivity index (χ0v) is 21.4. The van der Waals surface area contributed by atoms with E-state index >= 15 is 0 Å². The summed E-state index contributed by atoms with van der Waals surface area (Å²) in [4.78, 5) is 17.2. The minimum absolute atomic E-state index is 0.150. The average Bonchev–Trinajstić information content (AvgIpc) is 3.23. The van der Waals surface area contributed by atoms with Crippen LogP contribution in [0.2, 0.25) is 0 Å².